The van der Waals surface area contributed by atoms with E-state index in [9.17, 15) is 0 Å². The van der Waals surface area contributed by atoms with Crippen LogP contribution < -0.4 is 15.2 Å². The summed E-state index contributed by atoms with van der Waals surface area (Å²) in [6, 6.07) is 5.69. The van der Waals surface area contributed by atoms with Crippen LogP contribution in [0.25, 0.3) is 11.3 Å². The molecule has 0 saturated heterocycles. The topological polar surface area (TPSA) is 73.2 Å². The van der Waals surface area contributed by atoms with E-state index in [-0.39, 0.29) is 0 Å². The molecule has 1 aliphatic carbocycles. The number of aromatic nitrogens is 2. The van der Waals surface area contributed by atoms with Gasteiger partial charge >= 0.3 is 0 Å². The zero-order valence-electron chi connectivity index (χ0n) is 11.1. The van der Waals surface area contributed by atoms with Crippen LogP contribution >= 0.6 is 15.9 Å². The molecule has 0 bridgehead atoms. The van der Waals surface area contributed by atoms with Gasteiger partial charge in [-0.05, 0) is 46.8 Å². The Kier molecular flexibility index (Phi) is 3.56. The minimum Gasteiger partial charge on any atom is -0.492 e. The fraction of sp³-hybridized carbons (Fsp3) is 0.357. The highest BCUT2D eigenvalue weighted by molar-refractivity contribution is 9.10. The van der Waals surface area contributed by atoms with E-state index >= 15 is 0 Å². The lowest BCUT2D eigenvalue weighted by molar-refractivity contribution is 0.280. The monoisotopic (exact) mass is 337 g/mol. The maximum absolute atomic E-state index is 5.88. The zero-order valence-corrected chi connectivity index (χ0v) is 12.7. The molecule has 2 aromatic rings. The van der Waals surface area contributed by atoms with Crippen LogP contribution in [0.5, 0.6) is 11.5 Å². The first-order valence-electron chi connectivity index (χ1n) is 6.49. The average Bonchev–Trinajstić information content (AvgIpc) is 3.16. The second-order valence-corrected chi connectivity index (χ2v) is 5.80. The second-order valence-electron chi connectivity index (χ2n) is 4.95. The number of nitrogens with zero attached hydrogens (tertiary/aromatic N) is 1. The fourth-order valence-corrected chi connectivity index (χ4v) is 2.61. The van der Waals surface area contributed by atoms with Crippen LogP contribution in [-0.4, -0.2) is 23.9 Å². The van der Waals surface area contributed by atoms with Crippen molar-refractivity contribution in [2.24, 2.45) is 5.92 Å². The van der Waals surface area contributed by atoms with Crippen LogP contribution in [0.4, 0.5) is 5.82 Å². The van der Waals surface area contributed by atoms with Gasteiger partial charge in [-0.25, -0.2) is 0 Å². The lowest BCUT2D eigenvalue weighted by atomic mass is 10.1. The third kappa shape index (κ3) is 2.75. The highest BCUT2D eigenvalue weighted by Crippen LogP contribution is 2.40. The molecular formula is C14H16BrN3O2. The van der Waals surface area contributed by atoms with Crippen molar-refractivity contribution in [1.82, 2.24) is 10.2 Å². The van der Waals surface area contributed by atoms with Crippen LogP contribution in [-0.2, 0) is 0 Å². The number of methoxy groups -OCH3 is 1. The Balaban J connectivity index is 1.94. The first kappa shape index (κ1) is 13.3. The highest BCUT2D eigenvalue weighted by Gasteiger charge is 2.23. The molecule has 0 spiro atoms. The third-order valence-electron chi connectivity index (χ3n) is 3.29. The number of H-pyrrole nitrogens is 1. The molecule has 0 amide bonds. The summed E-state index contributed by atoms with van der Waals surface area (Å²) in [6.45, 7) is 0.734. The third-order valence-corrected chi connectivity index (χ3v) is 3.88. The quantitative estimate of drug-likeness (QED) is 0.878. The molecule has 0 radical (unpaired) electrons. The van der Waals surface area contributed by atoms with Crippen molar-refractivity contribution in [2.45, 2.75) is 12.8 Å². The number of nitrogens with one attached hydrogen (secondary N) is 1. The summed E-state index contributed by atoms with van der Waals surface area (Å²) in [5.74, 6) is 2.59. The number of hydrogen-bond acceptors (Lipinski definition) is 4. The van der Waals surface area contributed by atoms with Gasteiger partial charge < -0.3 is 15.2 Å². The highest BCUT2D eigenvalue weighted by atomic mass is 79.9. The average molecular weight is 338 g/mol. The van der Waals surface area contributed by atoms with Crippen molar-refractivity contribution in [3.8, 4) is 22.8 Å². The molecule has 3 rings (SSSR count). The summed E-state index contributed by atoms with van der Waals surface area (Å²) in [7, 11) is 1.64. The molecule has 1 heterocycles. The maximum atomic E-state index is 5.88. The molecule has 1 fully saturated rings. The molecule has 0 unspecified atom stereocenters. The van der Waals surface area contributed by atoms with E-state index in [4.69, 9.17) is 15.2 Å². The Morgan fingerprint density at radius 1 is 1.40 bits per heavy atom. The van der Waals surface area contributed by atoms with Crippen LogP contribution in [0.15, 0.2) is 22.7 Å². The molecule has 1 aliphatic rings. The second kappa shape index (κ2) is 5.36. The Morgan fingerprint density at radius 2 is 2.20 bits per heavy atom. The molecule has 0 aliphatic heterocycles. The largest absolute Gasteiger partial charge is 0.492 e. The van der Waals surface area contributed by atoms with Gasteiger partial charge in [-0.1, -0.05) is 0 Å². The number of benzene rings is 1. The lowest BCUT2D eigenvalue weighted by Gasteiger charge is -2.13. The summed E-state index contributed by atoms with van der Waals surface area (Å²) in [6.07, 6.45) is 2.50. The number of nitrogens with two attached hydrogens (primary N) is 1. The van der Waals surface area contributed by atoms with Crippen LogP contribution in [0, 0.1) is 5.92 Å². The van der Waals surface area contributed by atoms with Gasteiger partial charge in [-0.2, -0.15) is 5.10 Å². The predicted molar refractivity (Wildman–Crippen MR) is 80.9 cm³/mol. The van der Waals surface area contributed by atoms with Crippen LogP contribution in [0.1, 0.15) is 12.8 Å². The standard InChI is InChI=1S/C14H16BrN3O2/c1-19-14-10(15)4-9(11-6-13(16)18-17-11)5-12(14)20-7-8-2-3-8/h4-6,8H,2-3,7H2,1H3,(H3,16,17,18). The van der Waals surface area contributed by atoms with Crippen molar-refractivity contribution in [3.63, 3.8) is 0 Å². The number of hydrogen-bond donors (Lipinski definition) is 2. The lowest BCUT2D eigenvalue weighted by Crippen LogP contribution is -2.01. The molecule has 5 nitrogen and oxygen atoms in total. The summed E-state index contributed by atoms with van der Waals surface area (Å²) in [5.41, 5.74) is 7.45. The van der Waals surface area contributed by atoms with Gasteiger partial charge in [-0.3, -0.25) is 5.10 Å². The van der Waals surface area contributed by atoms with E-state index in [1.807, 2.05) is 12.1 Å². The fourth-order valence-electron chi connectivity index (χ4n) is 2.01. The molecule has 1 aromatic carbocycles. The molecule has 1 saturated carbocycles. The first-order chi connectivity index (χ1) is 9.67. The number of rotatable bonds is 5. The number of ether oxygens (including phenoxy) is 2. The minimum absolute atomic E-state index is 0.465. The van der Waals surface area contributed by atoms with Crippen molar-refractivity contribution in [1.29, 1.82) is 0 Å². The predicted octanol–water partition coefficient (Wildman–Crippen LogP) is 3.22. The molecule has 3 N–H and O–H groups in total. The molecular weight excluding hydrogens is 322 g/mol. The minimum atomic E-state index is 0.465. The summed E-state index contributed by atoms with van der Waals surface area (Å²) < 4.78 is 12.1. The van der Waals surface area contributed by atoms with Crippen molar-refractivity contribution < 1.29 is 9.47 Å². The van der Waals surface area contributed by atoms with Crippen LogP contribution in [0.2, 0.25) is 0 Å². The number of aromatic amines is 1. The normalized spacial score (nSPS) is 14.3. The SMILES string of the molecule is COc1c(Br)cc(-c2cc(N)n[nH]2)cc1OCC1CC1. The smallest absolute Gasteiger partial charge is 0.174 e. The van der Waals surface area contributed by atoms with E-state index in [2.05, 4.69) is 26.1 Å². The Hall–Kier alpha value is -1.69. The Labute approximate surface area is 125 Å². The molecule has 20 heavy (non-hydrogen) atoms. The van der Waals surface area contributed by atoms with Gasteiger partial charge in [0.05, 0.1) is 23.9 Å². The molecule has 1 aromatic heterocycles. The molecule has 6 heteroatoms. The van der Waals surface area contributed by atoms with Crippen LogP contribution in [0.3, 0.4) is 0 Å². The van der Waals surface area contributed by atoms with Gasteiger partial charge in [0.1, 0.15) is 5.82 Å². The maximum Gasteiger partial charge on any atom is 0.174 e. The van der Waals surface area contributed by atoms with E-state index in [0.29, 0.717) is 17.5 Å². The molecule has 106 valence electrons. The van der Waals surface area contributed by atoms with Crippen molar-refractivity contribution in [2.75, 3.05) is 19.5 Å². The van der Waals surface area contributed by atoms with E-state index in [1.165, 1.54) is 12.8 Å². The first-order valence-corrected chi connectivity index (χ1v) is 7.28. The molecule has 0 atom stereocenters. The Morgan fingerprint density at radius 3 is 2.80 bits per heavy atom. The van der Waals surface area contributed by atoms with Gasteiger partial charge in [-0.15, -0.1) is 0 Å². The Bertz CT molecular complexity index is 623. The number of nitrogen functional groups attached to an aromatic ring is 1. The van der Waals surface area contributed by atoms with Gasteiger partial charge in [0.25, 0.3) is 0 Å². The van der Waals surface area contributed by atoms with Gasteiger partial charge in [0.15, 0.2) is 11.5 Å². The van der Waals surface area contributed by atoms with Gasteiger partial charge in [0.2, 0.25) is 0 Å². The summed E-state index contributed by atoms with van der Waals surface area (Å²) >= 11 is 3.51. The summed E-state index contributed by atoms with van der Waals surface area (Å²) in [4.78, 5) is 0. The van der Waals surface area contributed by atoms with Crippen molar-refractivity contribution >= 4 is 21.7 Å². The van der Waals surface area contributed by atoms with E-state index < -0.39 is 0 Å². The number of anilines is 1. The van der Waals surface area contributed by atoms with Gasteiger partial charge in [0, 0.05) is 11.6 Å². The van der Waals surface area contributed by atoms with Crippen molar-refractivity contribution in [3.05, 3.63) is 22.7 Å². The number of halogens is 1. The summed E-state index contributed by atoms with van der Waals surface area (Å²) in [5, 5.41) is 6.84. The van der Waals surface area contributed by atoms with E-state index in [0.717, 1.165) is 28.1 Å². The van der Waals surface area contributed by atoms with E-state index in [1.54, 1.807) is 13.2 Å². The zero-order chi connectivity index (χ0) is 14.1.